The third-order valence-corrected chi connectivity index (χ3v) is 5.78. The minimum Gasteiger partial charge on any atom is -0.309 e. The number of rotatable bonds is 4. The maximum Gasteiger partial charge on any atom is 0.0981 e. The Hall–Kier alpha value is -0.450. The maximum absolute atomic E-state index is 4.57. The van der Waals surface area contributed by atoms with Crippen molar-refractivity contribution in [2.45, 2.75) is 70.5 Å². The molecule has 3 rings (SSSR count). The van der Waals surface area contributed by atoms with Crippen LogP contribution in [0, 0.1) is 0 Å². The summed E-state index contributed by atoms with van der Waals surface area (Å²) in [6, 6.07) is 1.64. The number of likely N-dealkylation sites (tertiary alicyclic amines) is 1. The molecular formula is C16H27N3S. The quantitative estimate of drug-likeness (QED) is 0.924. The lowest BCUT2D eigenvalue weighted by molar-refractivity contribution is 0.189. The van der Waals surface area contributed by atoms with Crippen molar-refractivity contribution >= 4 is 11.3 Å². The molecule has 0 bridgehead atoms. The lowest BCUT2D eigenvalue weighted by Gasteiger charge is -2.32. The van der Waals surface area contributed by atoms with E-state index < -0.39 is 0 Å². The van der Waals surface area contributed by atoms with Gasteiger partial charge in [-0.2, -0.15) is 0 Å². The number of hydrogen-bond donors (Lipinski definition) is 1. The normalized spacial score (nSPS) is 22.4. The number of nitrogens with zero attached hydrogens (tertiary/aromatic N) is 2. The summed E-state index contributed by atoms with van der Waals surface area (Å²) in [6.45, 7) is 10.3. The van der Waals surface area contributed by atoms with Gasteiger partial charge in [0.25, 0.3) is 0 Å². The third-order valence-electron chi connectivity index (χ3n) is 4.35. The van der Waals surface area contributed by atoms with E-state index in [-0.39, 0.29) is 5.41 Å². The van der Waals surface area contributed by atoms with E-state index in [1.165, 1.54) is 48.7 Å². The average molecular weight is 293 g/mol. The van der Waals surface area contributed by atoms with E-state index in [1.807, 2.05) is 11.3 Å². The smallest absolute Gasteiger partial charge is 0.0981 e. The highest BCUT2D eigenvalue weighted by Gasteiger charge is 2.31. The summed E-state index contributed by atoms with van der Waals surface area (Å²) in [5, 5.41) is 4.97. The fourth-order valence-electron chi connectivity index (χ4n) is 2.89. The van der Waals surface area contributed by atoms with Crippen LogP contribution in [0.15, 0.2) is 6.20 Å². The first-order chi connectivity index (χ1) is 9.52. The molecule has 1 aliphatic carbocycles. The molecule has 1 N–H and O–H groups in total. The van der Waals surface area contributed by atoms with Gasteiger partial charge in [-0.05, 0) is 38.8 Å². The molecule has 4 heteroatoms. The Kier molecular flexibility index (Phi) is 4.16. The molecular weight excluding hydrogens is 266 g/mol. The van der Waals surface area contributed by atoms with Crippen LogP contribution < -0.4 is 5.32 Å². The van der Waals surface area contributed by atoms with Crippen molar-refractivity contribution in [1.29, 1.82) is 0 Å². The molecule has 20 heavy (non-hydrogen) atoms. The summed E-state index contributed by atoms with van der Waals surface area (Å²) < 4.78 is 0. The second kappa shape index (κ2) is 5.74. The zero-order chi connectivity index (χ0) is 14.2. The van der Waals surface area contributed by atoms with E-state index in [2.05, 4.69) is 42.2 Å². The minimum atomic E-state index is 0.179. The number of hydrogen-bond acceptors (Lipinski definition) is 4. The van der Waals surface area contributed by atoms with Crippen LogP contribution in [0.4, 0.5) is 0 Å². The summed E-state index contributed by atoms with van der Waals surface area (Å²) in [5.41, 5.74) is 0.179. The Morgan fingerprint density at radius 2 is 1.95 bits per heavy atom. The van der Waals surface area contributed by atoms with Gasteiger partial charge in [0.2, 0.25) is 0 Å². The highest BCUT2D eigenvalue weighted by molar-refractivity contribution is 7.11. The van der Waals surface area contributed by atoms with Gasteiger partial charge in [0, 0.05) is 35.1 Å². The predicted molar refractivity (Wildman–Crippen MR) is 85.3 cm³/mol. The maximum atomic E-state index is 4.57. The van der Waals surface area contributed by atoms with Crippen LogP contribution in [0.1, 0.15) is 56.3 Å². The first kappa shape index (κ1) is 14.5. The van der Waals surface area contributed by atoms with Gasteiger partial charge < -0.3 is 10.2 Å². The van der Waals surface area contributed by atoms with Crippen LogP contribution in [-0.2, 0) is 12.0 Å². The molecule has 0 aromatic carbocycles. The van der Waals surface area contributed by atoms with Crippen molar-refractivity contribution in [1.82, 2.24) is 15.2 Å². The van der Waals surface area contributed by atoms with Crippen molar-refractivity contribution in [2.24, 2.45) is 0 Å². The second-order valence-electron chi connectivity index (χ2n) is 7.30. The van der Waals surface area contributed by atoms with Crippen LogP contribution in [0.5, 0.6) is 0 Å². The molecule has 0 unspecified atom stereocenters. The lowest BCUT2D eigenvalue weighted by atomic mass is 9.98. The Balaban J connectivity index is 1.44. The molecule has 0 amide bonds. The van der Waals surface area contributed by atoms with Crippen molar-refractivity contribution < 1.29 is 0 Å². The standard InChI is InChI=1S/C16H27N3S/c1-16(2,3)15-18-11-14(20-15)10-17-12-6-8-19(9-7-12)13-4-5-13/h11-13,17H,4-10H2,1-3H3. The molecule has 0 radical (unpaired) electrons. The van der Waals surface area contributed by atoms with Crippen molar-refractivity contribution in [2.75, 3.05) is 13.1 Å². The number of piperidine rings is 1. The molecule has 112 valence electrons. The SMILES string of the molecule is CC(C)(C)c1ncc(CNC2CCN(C3CC3)CC2)s1. The third kappa shape index (κ3) is 3.60. The van der Waals surface area contributed by atoms with Gasteiger partial charge in [0.15, 0.2) is 0 Å². The van der Waals surface area contributed by atoms with E-state index in [0.717, 1.165) is 12.6 Å². The van der Waals surface area contributed by atoms with Gasteiger partial charge in [-0.1, -0.05) is 20.8 Å². The van der Waals surface area contributed by atoms with E-state index >= 15 is 0 Å². The molecule has 1 aliphatic heterocycles. The van der Waals surface area contributed by atoms with Gasteiger partial charge in [0.05, 0.1) is 5.01 Å². The molecule has 1 saturated carbocycles. The molecule has 1 aromatic heterocycles. The topological polar surface area (TPSA) is 28.2 Å². The average Bonchev–Trinajstić information content (AvgIpc) is 3.14. The molecule has 2 fully saturated rings. The van der Waals surface area contributed by atoms with Gasteiger partial charge >= 0.3 is 0 Å². The van der Waals surface area contributed by atoms with E-state index in [0.29, 0.717) is 6.04 Å². The van der Waals surface area contributed by atoms with Crippen LogP contribution in [0.25, 0.3) is 0 Å². The number of nitrogens with one attached hydrogen (secondary N) is 1. The van der Waals surface area contributed by atoms with Gasteiger partial charge in [0.1, 0.15) is 0 Å². The largest absolute Gasteiger partial charge is 0.309 e. The van der Waals surface area contributed by atoms with Crippen LogP contribution in [0.3, 0.4) is 0 Å². The Morgan fingerprint density at radius 1 is 1.25 bits per heavy atom. The second-order valence-corrected chi connectivity index (χ2v) is 8.42. The Labute approximate surface area is 126 Å². The Bertz CT molecular complexity index is 437. The summed E-state index contributed by atoms with van der Waals surface area (Å²) >= 11 is 1.86. The zero-order valence-corrected chi connectivity index (χ0v) is 13.8. The summed E-state index contributed by atoms with van der Waals surface area (Å²) in [5.74, 6) is 0. The minimum absolute atomic E-state index is 0.179. The zero-order valence-electron chi connectivity index (χ0n) is 13.0. The molecule has 3 nitrogen and oxygen atoms in total. The van der Waals surface area contributed by atoms with Crippen molar-refractivity contribution in [3.8, 4) is 0 Å². The number of thiazole rings is 1. The van der Waals surface area contributed by atoms with Crippen LogP contribution >= 0.6 is 11.3 Å². The summed E-state index contributed by atoms with van der Waals surface area (Å²) in [6.07, 6.45) is 7.55. The highest BCUT2D eigenvalue weighted by Crippen LogP contribution is 2.30. The van der Waals surface area contributed by atoms with E-state index in [1.54, 1.807) is 0 Å². The van der Waals surface area contributed by atoms with Gasteiger partial charge in [-0.15, -0.1) is 11.3 Å². The van der Waals surface area contributed by atoms with Gasteiger partial charge in [-0.3, -0.25) is 0 Å². The molecule has 2 heterocycles. The Morgan fingerprint density at radius 3 is 2.50 bits per heavy atom. The highest BCUT2D eigenvalue weighted by atomic mass is 32.1. The molecule has 1 aromatic rings. The lowest BCUT2D eigenvalue weighted by Crippen LogP contribution is -2.42. The fourth-order valence-corrected chi connectivity index (χ4v) is 3.81. The van der Waals surface area contributed by atoms with Crippen molar-refractivity contribution in [3.05, 3.63) is 16.1 Å². The van der Waals surface area contributed by atoms with E-state index in [4.69, 9.17) is 0 Å². The van der Waals surface area contributed by atoms with E-state index in [9.17, 15) is 0 Å². The molecule has 0 atom stereocenters. The van der Waals surface area contributed by atoms with Gasteiger partial charge in [-0.25, -0.2) is 4.98 Å². The number of aromatic nitrogens is 1. The first-order valence-electron chi connectivity index (χ1n) is 7.95. The predicted octanol–water partition coefficient (Wildman–Crippen LogP) is 3.16. The molecule has 2 aliphatic rings. The molecule has 0 spiro atoms. The first-order valence-corrected chi connectivity index (χ1v) is 8.76. The summed E-state index contributed by atoms with van der Waals surface area (Å²) in [7, 11) is 0. The monoisotopic (exact) mass is 293 g/mol. The molecule has 1 saturated heterocycles. The van der Waals surface area contributed by atoms with Crippen LogP contribution in [0.2, 0.25) is 0 Å². The fraction of sp³-hybridized carbons (Fsp3) is 0.812. The van der Waals surface area contributed by atoms with Crippen molar-refractivity contribution in [3.63, 3.8) is 0 Å². The summed E-state index contributed by atoms with van der Waals surface area (Å²) in [4.78, 5) is 8.62. The van der Waals surface area contributed by atoms with Crippen LogP contribution in [-0.4, -0.2) is 35.1 Å².